The van der Waals surface area contributed by atoms with Crippen LogP contribution in [0, 0.1) is 0 Å². The van der Waals surface area contributed by atoms with Gasteiger partial charge in [-0.15, -0.1) is 0 Å². The molecule has 0 aromatic heterocycles. The van der Waals surface area contributed by atoms with Gasteiger partial charge in [0.1, 0.15) is 12.4 Å². The Bertz CT molecular complexity index is 882. The summed E-state index contributed by atoms with van der Waals surface area (Å²) in [6, 6.07) is 14.1. The van der Waals surface area contributed by atoms with Crippen molar-refractivity contribution in [3.05, 3.63) is 54.1 Å². The SMILES string of the molecule is CCC(=O)N1CCc2cc(S(=O)(=O)NCCOc3ccccc3)ccc21. The van der Waals surface area contributed by atoms with Crippen molar-refractivity contribution in [2.75, 3.05) is 24.6 Å². The first-order valence-corrected chi connectivity index (χ1v) is 10.1. The molecule has 2 aromatic rings. The minimum Gasteiger partial charge on any atom is -0.492 e. The topological polar surface area (TPSA) is 75.7 Å². The summed E-state index contributed by atoms with van der Waals surface area (Å²) in [5.41, 5.74) is 1.69. The molecule has 1 N–H and O–H groups in total. The molecule has 3 rings (SSSR count). The van der Waals surface area contributed by atoms with Crippen molar-refractivity contribution in [3.63, 3.8) is 0 Å². The summed E-state index contributed by atoms with van der Waals surface area (Å²) in [5.74, 6) is 0.750. The lowest BCUT2D eigenvalue weighted by molar-refractivity contribution is -0.118. The molecule has 0 saturated heterocycles. The fourth-order valence-corrected chi connectivity index (χ4v) is 4.00. The molecule has 2 aromatic carbocycles. The van der Waals surface area contributed by atoms with Gasteiger partial charge in [-0.3, -0.25) is 4.79 Å². The van der Waals surface area contributed by atoms with E-state index in [1.54, 1.807) is 23.1 Å². The van der Waals surface area contributed by atoms with Crippen LogP contribution in [-0.4, -0.2) is 34.0 Å². The van der Waals surface area contributed by atoms with Crippen molar-refractivity contribution < 1.29 is 17.9 Å². The molecule has 0 spiro atoms. The van der Waals surface area contributed by atoms with Gasteiger partial charge in [-0.05, 0) is 42.3 Å². The first-order chi connectivity index (χ1) is 12.5. The Balaban J connectivity index is 1.62. The van der Waals surface area contributed by atoms with Gasteiger partial charge in [0.15, 0.2) is 0 Å². The van der Waals surface area contributed by atoms with Crippen LogP contribution < -0.4 is 14.4 Å². The van der Waals surface area contributed by atoms with E-state index in [1.807, 2.05) is 37.3 Å². The summed E-state index contributed by atoms with van der Waals surface area (Å²) in [5, 5.41) is 0. The van der Waals surface area contributed by atoms with E-state index in [0.717, 1.165) is 11.3 Å². The van der Waals surface area contributed by atoms with Crippen LogP contribution in [0.3, 0.4) is 0 Å². The monoisotopic (exact) mass is 374 g/mol. The Kier molecular flexibility index (Phi) is 5.58. The standard InChI is InChI=1S/C19H22N2O4S/c1-2-19(22)21-12-10-15-14-17(8-9-18(15)21)26(23,24)20-11-13-25-16-6-4-3-5-7-16/h3-9,14,20H,2,10-13H2,1H3. The number of hydrogen-bond donors (Lipinski definition) is 1. The van der Waals surface area contributed by atoms with Crippen LogP contribution in [0.15, 0.2) is 53.4 Å². The molecule has 6 nitrogen and oxygen atoms in total. The van der Waals surface area contributed by atoms with Crippen LogP contribution >= 0.6 is 0 Å². The molecule has 0 atom stereocenters. The van der Waals surface area contributed by atoms with E-state index in [2.05, 4.69) is 4.72 Å². The summed E-state index contributed by atoms with van der Waals surface area (Å²) in [4.78, 5) is 13.9. The van der Waals surface area contributed by atoms with Gasteiger partial charge in [0.05, 0.1) is 4.90 Å². The van der Waals surface area contributed by atoms with E-state index in [0.29, 0.717) is 25.1 Å². The first-order valence-electron chi connectivity index (χ1n) is 8.62. The Morgan fingerprint density at radius 2 is 1.96 bits per heavy atom. The van der Waals surface area contributed by atoms with E-state index in [9.17, 15) is 13.2 Å². The number of rotatable bonds is 7. The lowest BCUT2D eigenvalue weighted by atomic mass is 10.2. The zero-order valence-electron chi connectivity index (χ0n) is 14.6. The van der Waals surface area contributed by atoms with Gasteiger partial charge in [0, 0.05) is 25.2 Å². The van der Waals surface area contributed by atoms with E-state index >= 15 is 0 Å². The van der Waals surface area contributed by atoms with Crippen LogP contribution in [0.1, 0.15) is 18.9 Å². The second-order valence-electron chi connectivity index (χ2n) is 6.00. The molecule has 1 aliphatic heterocycles. The van der Waals surface area contributed by atoms with Crippen molar-refractivity contribution in [1.29, 1.82) is 0 Å². The number of hydrogen-bond acceptors (Lipinski definition) is 4. The van der Waals surface area contributed by atoms with E-state index < -0.39 is 10.0 Å². The third-order valence-electron chi connectivity index (χ3n) is 4.27. The largest absolute Gasteiger partial charge is 0.492 e. The van der Waals surface area contributed by atoms with Crippen LogP contribution in [0.4, 0.5) is 5.69 Å². The highest BCUT2D eigenvalue weighted by atomic mass is 32.2. The van der Waals surface area contributed by atoms with E-state index in [-0.39, 0.29) is 24.0 Å². The third kappa shape index (κ3) is 4.05. The molecular formula is C19H22N2O4S. The Morgan fingerprint density at radius 3 is 2.69 bits per heavy atom. The molecule has 1 heterocycles. The predicted molar refractivity (Wildman–Crippen MR) is 99.9 cm³/mol. The molecule has 0 bridgehead atoms. The minimum atomic E-state index is -3.61. The normalized spacial score (nSPS) is 13.5. The molecule has 0 saturated carbocycles. The van der Waals surface area contributed by atoms with E-state index in [1.165, 1.54) is 0 Å². The smallest absolute Gasteiger partial charge is 0.240 e. The van der Waals surface area contributed by atoms with Crippen molar-refractivity contribution in [2.45, 2.75) is 24.7 Å². The Labute approximate surface area is 153 Å². The van der Waals surface area contributed by atoms with Crippen molar-refractivity contribution in [1.82, 2.24) is 4.72 Å². The van der Waals surface area contributed by atoms with Crippen molar-refractivity contribution in [3.8, 4) is 5.75 Å². The molecule has 0 aliphatic carbocycles. The summed E-state index contributed by atoms with van der Waals surface area (Å²) < 4.78 is 33.0. The van der Waals surface area contributed by atoms with Crippen LogP contribution in [0.25, 0.3) is 0 Å². The zero-order chi connectivity index (χ0) is 18.6. The number of fused-ring (bicyclic) bond motifs is 1. The maximum Gasteiger partial charge on any atom is 0.240 e. The second kappa shape index (κ2) is 7.88. The first kappa shape index (κ1) is 18.4. The van der Waals surface area contributed by atoms with Crippen molar-refractivity contribution in [2.24, 2.45) is 0 Å². The number of ether oxygens (including phenoxy) is 1. The van der Waals surface area contributed by atoms with Gasteiger partial charge in [-0.2, -0.15) is 0 Å². The average molecular weight is 374 g/mol. The fourth-order valence-electron chi connectivity index (χ4n) is 2.94. The molecule has 26 heavy (non-hydrogen) atoms. The number of para-hydroxylation sites is 1. The zero-order valence-corrected chi connectivity index (χ0v) is 15.5. The maximum atomic E-state index is 12.5. The van der Waals surface area contributed by atoms with Gasteiger partial charge < -0.3 is 9.64 Å². The van der Waals surface area contributed by atoms with Gasteiger partial charge in [0.25, 0.3) is 0 Å². The van der Waals surface area contributed by atoms with Crippen LogP contribution in [0.5, 0.6) is 5.75 Å². The maximum absolute atomic E-state index is 12.5. The molecule has 0 unspecified atom stereocenters. The quantitative estimate of drug-likeness (QED) is 0.755. The van der Waals surface area contributed by atoms with Crippen molar-refractivity contribution >= 4 is 21.6 Å². The Hall–Kier alpha value is -2.38. The molecule has 138 valence electrons. The minimum absolute atomic E-state index is 0.0514. The van der Waals surface area contributed by atoms with Gasteiger partial charge in [-0.25, -0.2) is 13.1 Å². The number of carbonyl (C=O) groups is 1. The predicted octanol–water partition coefficient (Wildman–Crippen LogP) is 2.34. The lowest BCUT2D eigenvalue weighted by Gasteiger charge is -2.16. The molecule has 1 amide bonds. The van der Waals surface area contributed by atoms with Crippen LogP contribution in [0.2, 0.25) is 0 Å². The lowest BCUT2D eigenvalue weighted by Crippen LogP contribution is -2.29. The molecular weight excluding hydrogens is 352 g/mol. The molecule has 0 radical (unpaired) electrons. The second-order valence-corrected chi connectivity index (χ2v) is 7.77. The number of amides is 1. The van der Waals surface area contributed by atoms with Gasteiger partial charge in [0.2, 0.25) is 15.9 Å². The molecule has 7 heteroatoms. The summed E-state index contributed by atoms with van der Waals surface area (Å²) in [7, 11) is -3.61. The summed E-state index contributed by atoms with van der Waals surface area (Å²) >= 11 is 0. The van der Waals surface area contributed by atoms with E-state index in [4.69, 9.17) is 4.74 Å². The third-order valence-corrected chi connectivity index (χ3v) is 5.73. The van der Waals surface area contributed by atoms with Gasteiger partial charge >= 0.3 is 0 Å². The average Bonchev–Trinajstić information content (AvgIpc) is 3.09. The van der Waals surface area contributed by atoms with Crippen LogP contribution in [-0.2, 0) is 21.2 Å². The number of sulfonamides is 1. The number of carbonyl (C=O) groups excluding carboxylic acids is 1. The number of anilines is 1. The number of nitrogens with one attached hydrogen (secondary N) is 1. The number of nitrogens with zero attached hydrogens (tertiary/aromatic N) is 1. The fraction of sp³-hybridized carbons (Fsp3) is 0.316. The Morgan fingerprint density at radius 1 is 1.19 bits per heavy atom. The summed E-state index contributed by atoms with van der Waals surface area (Å²) in [6.45, 7) is 2.84. The molecule has 1 aliphatic rings. The molecule has 0 fully saturated rings. The number of benzene rings is 2. The van der Waals surface area contributed by atoms with Gasteiger partial charge in [-0.1, -0.05) is 25.1 Å². The highest BCUT2D eigenvalue weighted by Crippen LogP contribution is 2.30. The highest BCUT2D eigenvalue weighted by molar-refractivity contribution is 7.89. The highest BCUT2D eigenvalue weighted by Gasteiger charge is 2.25. The summed E-state index contributed by atoms with van der Waals surface area (Å²) in [6.07, 6.45) is 1.10.